The van der Waals surface area contributed by atoms with Crippen LogP contribution >= 0.6 is 0 Å². The summed E-state index contributed by atoms with van der Waals surface area (Å²) in [4.78, 5) is 23.0. The van der Waals surface area contributed by atoms with Gasteiger partial charge in [-0.3, -0.25) is 9.59 Å². The van der Waals surface area contributed by atoms with Crippen molar-refractivity contribution in [2.24, 2.45) is 28.6 Å². The number of hydrogen-bond donors (Lipinski definition) is 0. The Morgan fingerprint density at radius 2 is 1.81 bits per heavy atom. The quantitative estimate of drug-likeness (QED) is 0.488. The van der Waals surface area contributed by atoms with Crippen LogP contribution in [0.4, 0.5) is 0 Å². The SMILES string of the molecule is CCC(=O)OC/C=C1/C2CCC(C)(COC(=O)CC)CC2C2CC12CC. The molecule has 0 heterocycles. The second kappa shape index (κ2) is 7.36. The first-order valence-corrected chi connectivity index (χ1v) is 10.4. The molecule has 0 spiro atoms. The van der Waals surface area contributed by atoms with E-state index in [1.54, 1.807) is 5.57 Å². The van der Waals surface area contributed by atoms with Gasteiger partial charge < -0.3 is 9.47 Å². The highest BCUT2D eigenvalue weighted by Gasteiger charge is 2.67. The fraction of sp³-hybridized carbons (Fsp3) is 0.818. The molecule has 0 saturated heterocycles. The van der Waals surface area contributed by atoms with Gasteiger partial charge >= 0.3 is 11.9 Å². The van der Waals surface area contributed by atoms with E-state index in [1.165, 1.54) is 12.8 Å². The number of esters is 2. The lowest BCUT2D eigenvalue weighted by atomic mass is 9.65. The Balaban J connectivity index is 1.68. The van der Waals surface area contributed by atoms with Crippen LogP contribution < -0.4 is 0 Å². The zero-order valence-electron chi connectivity index (χ0n) is 16.8. The minimum atomic E-state index is -0.122. The van der Waals surface area contributed by atoms with Gasteiger partial charge in [-0.1, -0.05) is 33.3 Å². The molecule has 3 aliphatic carbocycles. The lowest BCUT2D eigenvalue weighted by molar-refractivity contribution is -0.148. The van der Waals surface area contributed by atoms with Gasteiger partial charge in [0.1, 0.15) is 6.61 Å². The van der Waals surface area contributed by atoms with Crippen LogP contribution in [0.1, 0.15) is 72.6 Å². The molecular weight excluding hydrogens is 328 g/mol. The van der Waals surface area contributed by atoms with E-state index < -0.39 is 0 Å². The highest BCUT2D eigenvalue weighted by Crippen LogP contribution is 2.75. The summed E-state index contributed by atoms with van der Waals surface area (Å²) in [6, 6.07) is 0. The zero-order valence-corrected chi connectivity index (χ0v) is 16.8. The molecule has 0 radical (unpaired) electrons. The Morgan fingerprint density at radius 3 is 2.46 bits per heavy atom. The summed E-state index contributed by atoms with van der Waals surface area (Å²) in [5.41, 5.74) is 2.03. The maximum Gasteiger partial charge on any atom is 0.305 e. The predicted octanol–water partition coefficient (Wildman–Crippen LogP) is 4.67. The monoisotopic (exact) mass is 362 g/mol. The van der Waals surface area contributed by atoms with Crippen LogP contribution in [0, 0.1) is 28.6 Å². The number of rotatable bonds is 7. The molecule has 0 aromatic carbocycles. The summed E-state index contributed by atoms with van der Waals surface area (Å²) >= 11 is 0. The smallest absolute Gasteiger partial charge is 0.305 e. The molecule has 3 aliphatic rings. The van der Waals surface area contributed by atoms with E-state index >= 15 is 0 Å². The van der Waals surface area contributed by atoms with Crippen molar-refractivity contribution in [3.05, 3.63) is 11.6 Å². The highest BCUT2D eigenvalue weighted by atomic mass is 16.5. The Bertz CT molecular complexity index is 595. The van der Waals surface area contributed by atoms with Crippen molar-refractivity contribution < 1.29 is 19.1 Å². The largest absolute Gasteiger partial charge is 0.465 e. The molecule has 0 amide bonds. The molecule has 0 bridgehead atoms. The van der Waals surface area contributed by atoms with Gasteiger partial charge in [0.2, 0.25) is 0 Å². The molecule has 5 unspecified atom stereocenters. The molecule has 0 aliphatic heterocycles. The summed E-state index contributed by atoms with van der Waals surface area (Å²) in [5.74, 6) is 1.88. The molecule has 4 heteroatoms. The third-order valence-corrected chi connectivity index (χ3v) is 7.27. The molecular formula is C22H34O4. The van der Waals surface area contributed by atoms with E-state index in [2.05, 4.69) is 19.9 Å². The minimum Gasteiger partial charge on any atom is -0.465 e. The average Bonchev–Trinajstić information content (AvgIpc) is 3.33. The van der Waals surface area contributed by atoms with Gasteiger partial charge in [0.15, 0.2) is 0 Å². The van der Waals surface area contributed by atoms with E-state index in [-0.39, 0.29) is 17.4 Å². The van der Waals surface area contributed by atoms with Gasteiger partial charge in [0.05, 0.1) is 6.61 Å². The Morgan fingerprint density at radius 1 is 1.12 bits per heavy atom. The molecule has 5 atom stereocenters. The summed E-state index contributed by atoms with van der Waals surface area (Å²) in [7, 11) is 0. The van der Waals surface area contributed by atoms with E-state index in [9.17, 15) is 9.59 Å². The van der Waals surface area contributed by atoms with E-state index in [0.29, 0.717) is 43.3 Å². The fourth-order valence-electron chi connectivity index (χ4n) is 5.72. The van der Waals surface area contributed by atoms with Crippen LogP contribution in [-0.2, 0) is 19.1 Å². The topological polar surface area (TPSA) is 52.6 Å². The predicted molar refractivity (Wildman–Crippen MR) is 100 cm³/mol. The van der Waals surface area contributed by atoms with Crippen molar-refractivity contribution in [3.63, 3.8) is 0 Å². The third kappa shape index (κ3) is 3.44. The Labute approximate surface area is 157 Å². The molecule has 3 fully saturated rings. The van der Waals surface area contributed by atoms with E-state index in [4.69, 9.17) is 9.47 Å². The maximum absolute atomic E-state index is 11.6. The number of carbonyl (C=O) groups excluding carboxylic acids is 2. The average molecular weight is 363 g/mol. The van der Waals surface area contributed by atoms with Crippen LogP contribution in [-0.4, -0.2) is 25.2 Å². The number of ether oxygens (including phenoxy) is 2. The first-order valence-electron chi connectivity index (χ1n) is 10.4. The fourth-order valence-corrected chi connectivity index (χ4v) is 5.72. The normalized spacial score (nSPS) is 39.2. The summed E-state index contributed by atoms with van der Waals surface area (Å²) in [6.07, 6.45) is 8.98. The lowest BCUT2D eigenvalue weighted by Crippen LogP contribution is -2.35. The lowest BCUT2D eigenvalue weighted by Gasteiger charge is -2.41. The molecule has 4 nitrogen and oxygen atoms in total. The van der Waals surface area contributed by atoms with Crippen LogP contribution in [0.15, 0.2) is 11.6 Å². The summed E-state index contributed by atoms with van der Waals surface area (Å²) in [5, 5.41) is 0. The standard InChI is InChI=1S/C22H34O4/c1-5-19(23)25-11-9-17-15-8-10-21(4,14-26-20(24)6-2)12-16(15)18-13-22(17,18)7-3/h9,15-16,18H,5-8,10-14H2,1-4H3/b17-9-. The molecule has 0 aromatic rings. The Hall–Kier alpha value is -1.32. The number of hydrogen-bond acceptors (Lipinski definition) is 4. The number of fused-ring (bicyclic) bond motifs is 3. The number of carbonyl (C=O) groups is 2. The second-order valence-corrected chi connectivity index (χ2v) is 8.85. The van der Waals surface area contributed by atoms with Crippen molar-refractivity contribution >= 4 is 11.9 Å². The van der Waals surface area contributed by atoms with Gasteiger partial charge in [-0.15, -0.1) is 0 Å². The first-order chi connectivity index (χ1) is 12.4. The molecule has 0 N–H and O–H groups in total. The van der Waals surface area contributed by atoms with Crippen LogP contribution in [0.25, 0.3) is 0 Å². The maximum atomic E-state index is 11.6. The molecule has 0 aromatic heterocycles. The summed E-state index contributed by atoms with van der Waals surface area (Å²) < 4.78 is 10.8. The summed E-state index contributed by atoms with van der Waals surface area (Å²) in [6.45, 7) is 9.24. The molecule has 3 rings (SSSR count). The van der Waals surface area contributed by atoms with E-state index in [1.807, 2.05) is 13.8 Å². The minimum absolute atomic E-state index is 0.0903. The van der Waals surface area contributed by atoms with Crippen LogP contribution in [0.5, 0.6) is 0 Å². The van der Waals surface area contributed by atoms with Crippen molar-refractivity contribution in [1.82, 2.24) is 0 Å². The third-order valence-electron chi connectivity index (χ3n) is 7.27. The van der Waals surface area contributed by atoms with Crippen molar-refractivity contribution in [2.75, 3.05) is 13.2 Å². The van der Waals surface area contributed by atoms with E-state index in [0.717, 1.165) is 25.2 Å². The van der Waals surface area contributed by atoms with Gasteiger partial charge in [-0.25, -0.2) is 0 Å². The first kappa shape index (κ1) is 19.4. The molecule has 26 heavy (non-hydrogen) atoms. The molecule has 146 valence electrons. The zero-order chi connectivity index (χ0) is 18.9. The van der Waals surface area contributed by atoms with Crippen molar-refractivity contribution in [3.8, 4) is 0 Å². The van der Waals surface area contributed by atoms with Crippen molar-refractivity contribution in [1.29, 1.82) is 0 Å². The van der Waals surface area contributed by atoms with Gasteiger partial charge in [0, 0.05) is 18.3 Å². The van der Waals surface area contributed by atoms with Gasteiger partial charge in [-0.05, 0) is 61.3 Å². The highest BCUT2D eigenvalue weighted by molar-refractivity contribution is 5.69. The van der Waals surface area contributed by atoms with Crippen molar-refractivity contribution in [2.45, 2.75) is 72.6 Å². The van der Waals surface area contributed by atoms with Gasteiger partial charge in [0.25, 0.3) is 0 Å². The Kier molecular flexibility index (Phi) is 5.50. The van der Waals surface area contributed by atoms with Gasteiger partial charge in [-0.2, -0.15) is 0 Å². The van der Waals surface area contributed by atoms with Crippen LogP contribution in [0.3, 0.4) is 0 Å². The number of allylic oxidation sites excluding steroid dienone is 1. The van der Waals surface area contributed by atoms with Crippen LogP contribution in [0.2, 0.25) is 0 Å². The second-order valence-electron chi connectivity index (χ2n) is 8.85. The molecule has 3 saturated carbocycles.